The highest BCUT2D eigenvalue weighted by molar-refractivity contribution is 5.80. The van der Waals surface area contributed by atoms with Gasteiger partial charge in [0.25, 0.3) is 0 Å². The van der Waals surface area contributed by atoms with Crippen LogP contribution in [0.3, 0.4) is 0 Å². The summed E-state index contributed by atoms with van der Waals surface area (Å²) in [5.41, 5.74) is 1.66. The molecule has 2 N–H and O–H groups in total. The number of oxime groups is 1. The number of nitrogens with one attached hydrogen (secondary N) is 1. The second-order valence-corrected chi connectivity index (χ2v) is 3.41. The smallest absolute Gasteiger partial charge is 0.126 e. The molecular weight excluding hydrogens is 178 g/mol. The largest absolute Gasteiger partial charge is 0.411 e. The van der Waals surface area contributed by atoms with E-state index in [4.69, 9.17) is 5.21 Å². The zero-order chi connectivity index (χ0) is 10.6. The summed E-state index contributed by atoms with van der Waals surface area (Å²) in [5, 5.41) is 14.6. The third-order valence-electron chi connectivity index (χ3n) is 1.76. The van der Waals surface area contributed by atoms with E-state index in [1.165, 1.54) is 6.21 Å². The molecule has 14 heavy (non-hydrogen) atoms. The predicted molar refractivity (Wildman–Crippen MR) is 57.1 cm³/mol. The van der Waals surface area contributed by atoms with E-state index in [1.807, 2.05) is 19.1 Å². The average molecular weight is 193 g/mol. The molecule has 0 fully saturated rings. The molecule has 0 aliphatic heterocycles. The van der Waals surface area contributed by atoms with Gasteiger partial charge in [0.05, 0.1) is 6.21 Å². The van der Waals surface area contributed by atoms with Gasteiger partial charge >= 0.3 is 0 Å². The number of nitrogens with zero attached hydrogens (tertiary/aromatic N) is 2. The van der Waals surface area contributed by atoms with Gasteiger partial charge in [-0.05, 0) is 32.9 Å². The molecule has 0 saturated carbocycles. The zero-order valence-electron chi connectivity index (χ0n) is 8.65. The minimum Gasteiger partial charge on any atom is -0.411 e. The molecular formula is C10H15N3O. The molecule has 0 saturated heterocycles. The van der Waals surface area contributed by atoms with Gasteiger partial charge in [-0.15, -0.1) is 0 Å². The van der Waals surface area contributed by atoms with E-state index in [0.717, 1.165) is 17.1 Å². The molecule has 0 amide bonds. The molecule has 0 aromatic carbocycles. The fourth-order valence-electron chi connectivity index (χ4n) is 1.15. The van der Waals surface area contributed by atoms with Crippen LogP contribution in [-0.4, -0.2) is 22.4 Å². The number of rotatable bonds is 3. The molecule has 0 atom stereocenters. The van der Waals surface area contributed by atoms with E-state index in [1.54, 1.807) is 0 Å². The molecule has 0 aliphatic carbocycles. The van der Waals surface area contributed by atoms with Crippen molar-refractivity contribution in [1.29, 1.82) is 0 Å². The maximum Gasteiger partial charge on any atom is 0.126 e. The molecule has 1 aromatic rings. The van der Waals surface area contributed by atoms with Crippen LogP contribution in [0.5, 0.6) is 0 Å². The molecule has 0 bridgehead atoms. The Labute approximate surface area is 83.7 Å². The van der Waals surface area contributed by atoms with Crippen molar-refractivity contribution in [1.82, 2.24) is 4.98 Å². The quantitative estimate of drug-likeness (QED) is 0.438. The van der Waals surface area contributed by atoms with Crippen LogP contribution in [-0.2, 0) is 0 Å². The topological polar surface area (TPSA) is 57.5 Å². The first kappa shape index (κ1) is 10.5. The molecule has 4 heteroatoms. The average Bonchev–Trinajstić information content (AvgIpc) is 2.09. The summed E-state index contributed by atoms with van der Waals surface area (Å²) in [6, 6.07) is 4.09. The minimum atomic E-state index is 0.360. The first-order valence-electron chi connectivity index (χ1n) is 4.55. The molecule has 0 spiro atoms. The maximum absolute atomic E-state index is 8.38. The van der Waals surface area contributed by atoms with E-state index in [2.05, 4.69) is 29.3 Å². The number of pyridine rings is 1. The second-order valence-electron chi connectivity index (χ2n) is 3.41. The summed E-state index contributed by atoms with van der Waals surface area (Å²) in [4.78, 5) is 4.32. The van der Waals surface area contributed by atoms with Gasteiger partial charge < -0.3 is 10.5 Å². The second kappa shape index (κ2) is 4.60. The van der Waals surface area contributed by atoms with Gasteiger partial charge in [0.1, 0.15) is 5.82 Å². The Bertz CT molecular complexity index is 334. The Balaban J connectivity index is 2.88. The first-order valence-corrected chi connectivity index (χ1v) is 4.55. The zero-order valence-corrected chi connectivity index (χ0v) is 8.65. The van der Waals surface area contributed by atoms with E-state index in [-0.39, 0.29) is 0 Å². The Morgan fingerprint density at radius 1 is 1.50 bits per heavy atom. The molecule has 1 aromatic heterocycles. The van der Waals surface area contributed by atoms with Crippen LogP contribution in [0.2, 0.25) is 0 Å². The Hall–Kier alpha value is -1.58. The van der Waals surface area contributed by atoms with Crippen LogP contribution in [0.25, 0.3) is 0 Å². The predicted octanol–water partition coefficient (Wildman–Crippen LogP) is 2.02. The number of hydrogen-bond donors (Lipinski definition) is 2. The molecule has 0 unspecified atom stereocenters. The monoisotopic (exact) mass is 193 g/mol. The van der Waals surface area contributed by atoms with Crippen LogP contribution in [0, 0.1) is 6.92 Å². The van der Waals surface area contributed by atoms with Gasteiger partial charge in [-0.3, -0.25) is 0 Å². The standard InChI is InChI=1S/C10H15N3O/c1-7(2)12-10-5-4-9(6-11-14)8(3)13-10/h4-7,14H,1-3H3,(H,12,13)/b11-6+. The van der Waals surface area contributed by atoms with Crippen LogP contribution in [0.4, 0.5) is 5.82 Å². The van der Waals surface area contributed by atoms with Crippen LogP contribution >= 0.6 is 0 Å². The lowest BCUT2D eigenvalue weighted by molar-refractivity contribution is 0.322. The summed E-state index contributed by atoms with van der Waals surface area (Å²) in [7, 11) is 0. The van der Waals surface area contributed by atoms with Crippen molar-refractivity contribution in [3.63, 3.8) is 0 Å². The summed E-state index contributed by atoms with van der Waals surface area (Å²) >= 11 is 0. The van der Waals surface area contributed by atoms with Crippen molar-refractivity contribution >= 4 is 12.0 Å². The van der Waals surface area contributed by atoms with E-state index < -0.39 is 0 Å². The summed E-state index contributed by atoms with van der Waals surface area (Å²) < 4.78 is 0. The van der Waals surface area contributed by atoms with Gasteiger partial charge in [0, 0.05) is 17.3 Å². The molecule has 1 heterocycles. The SMILES string of the molecule is Cc1nc(NC(C)C)ccc1/C=N/O. The van der Waals surface area contributed by atoms with Crippen molar-refractivity contribution in [2.45, 2.75) is 26.8 Å². The maximum atomic E-state index is 8.38. The number of hydrogen-bond acceptors (Lipinski definition) is 4. The fourth-order valence-corrected chi connectivity index (χ4v) is 1.15. The van der Waals surface area contributed by atoms with Crippen LogP contribution in [0.15, 0.2) is 17.3 Å². The molecule has 0 radical (unpaired) electrons. The third kappa shape index (κ3) is 2.73. The molecule has 0 aliphatic rings. The van der Waals surface area contributed by atoms with Crippen LogP contribution < -0.4 is 5.32 Å². The molecule has 4 nitrogen and oxygen atoms in total. The normalized spacial score (nSPS) is 11.1. The van der Waals surface area contributed by atoms with Gasteiger partial charge in [-0.2, -0.15) is 0 Å². The highest BCUT2D eigenvalue weighted by Gasteiger charge is 2.00. The van der Waals surface area contributed by atoms with Crippen molar-refractivity contribution < 1.29 is 5.21 Å². The number of aryl methyl sites for hydroxylation is 1. The third-order valence-corrected chi connectivity index (χ3v) is 1.76. The first-order chi connectivity index (χ1) is 6.63. The lowest BCUT2D eigenvalue weighted by Crippen LogP contribution is -2.11. The van der Waals surface area contributed by atoms with Crippen molar-refractivity contribution in [2.75, 3.05) is 5.32 Å². The van der Waals surface area contributed by atoms with E-state index in [0.29, 0.717) is 6.04 Å². The Morgan fingerprint density at radius 3 is 2.71 bits per heavy atom. The lowest BCUT2D eigenvalue weighted by atomic mass is 10.2. The van der Waals surface area contributed by atoms with Gasteiger partial charge in [-0.1, -0.05) is 5.16 Å². The minimum absolute atomic E-state index is 0.360. The van der Waals surface area contributed by atoms with Gasteiger partial charge in [0.15, 0.2) is 0 Å². The molecule has 76 valence electrons. The highest BCUT2D eigenvalue weighted by Crippen LogP contribution is 2.09. The van der Waals surface area contributed by atoms with Crippen molar-refractivity contribution in [2.24, 2.45) is 5.16 Å². The highest BCUT2D eigenvalue weighted by atomic mass is 16.4. The van der Waals surface area contributed by atoms with Gasteiger partial charge in [0.2, 0.25) is 0 Å². The summed E-state index contributed by atoms with van der Waals surface area (Å²) in [6.07, 6.45) is 1.38. The van der Waals surface area contributed by atoms with Gasteiger partial charge in [-0.25, -0.2) is 4.98 Å². The molecule has 1 rings (SSSR count). The number of aromatic nitrogens is 1. The summed E-state index contributed by atoms with van der Waals surface area (Å²) in [5.74, 6) is 0.840. The fraction of sp³-hybridized carbons (Fsp3) is 0.400. The Morgan fingerprint density at radius 2 is 2.21 bits per heavy atom. The summed E-state index contributed by atoms with van der Waals surface area (Å²) in [6.45, 7) is 5.99. The van der Waals surface area contributed by atoms with Crippen molar-refractivity contribution in [3.05, 3.63) is 23.4 Å². The Kier molecular flexibility index (Phi) is 3.45. The van der Waals surface area contributed by atoms with Crippen LogP contribution in [0.1, 0.15) is 25.1 Å². The number of anilines is 1. The lowest BCUT2D eigenvalue weighted by Gasteiger charge is -2.09. The van der Waals surface area contributed by atoms with E-state index >= 15 is 0 Å². The van der Waals surface area contributed by atoms with Crippen molar-refractivity contribution in [3.8, 4) is 0 Å². The van der Waals surface area contributed by atoms with E-state index in [9.17, 15) is 0 Å².